The Morgan fingerprint density at radius 3 is 2.56 bits per heavy atom. The van der Waals surface area contributed by atoms with Crippen LogP contribution in [0.3, 0.4) is 0 Å². The SMILES string of the molecule is CCOC(=O)C1=C(C)N=c2s/c(=C/c3ccc(-c4ccccc4C(=O)O)o3)c(=O)n2[C@@H]1c1ccc(OC)cc1. The van der Waals surface area contributed by atoms with E-state index in [2.05, 4.69) is 4.99 Å². The average Bonchev–Trinajstić information content (AvgIpc) is 3.52. The molecule has 0 aliphatic carbocycles. The van der Waals surface area contributed by atoms with Gasteiger partial charge in [0.05, 0.1) is 41.1 Å². The van der Waals surface area contributed by atoms with Crippen LogP contribution >= 0.6 is 11.3 Å². The lowest BCUT2D eigenvalue weighted by Gasteiger charge is -2.24. The largest absolute Gasteiger partial charge is 0.497 e. The Balaban J connectivity index is 1.63. The fourth-order valence-electron chi connectivity index (χ4n) is 4.48. The highest BCUT2D eigenvalue weighted by molar-refractivity contribution is 7.07. The van der Waals surface area contributed by atoms with E-state index in [9.17, 15) is 19.5 Å². The molecule has 0 spiro atoms. The normalized spacial score (nSPS) is 15.1. The summed E-state index contributed by atoms with van der Waals surface area (Å²) in [5.74, 6) is -0.228. The molecule has 4 aromatic rings. The Morgan fingerprint density at radius 1 is 1.13 bits per heavy atom. The van der Waals surface area contributed by atoms with E-state index in [-0.39, 0.29) is 23.3 Å². The zero-order valence-electron chi connectivity index (χ0n) is 21.3. The highest BCUT2D eigenvalue weighted by Crippen LogP contribution is 2.32. The molecule has 0 amide bonds. The number of ether oxygens (including phenoxy) is 2. The third kappa shape index (κ3) is 4.82. The summed E-state index contributed by atoms with van der Waals surface area (Å²) < 4.78 is 18.3. The molecule has 2 aromatic heterocycles. The molecule has 39 heavy (non-hydrogen) atoms. The van der Waals surface area contributed by atoms with E-state index in [1.54, 1.807) is 81.6 Å². The van der Waals surface area contributed by atoms with Gasteiger partial charge in [0.25, 0.3) is 5.56 Å². The zero-order valence-corrected chi connectivity index (χ0v) is 22.2. The van der Waals surface area contributed by atoms with Gasteiger partial charge in [-0.2, -0.15) is 0 Å². The van der Waals surface area contributed by atoms with Crippen molar-refractivity contribution in [2.75, 3.05) is 13.7 Å². The van der Waals surface area contributed by atoms with Gasteiger partial charge in [-0.1, -0.05) is 41.7 Å². The Morgan fingerprint density at radius 2 is 1.87 bits per heavy atom. The first-order valence-corrected chi connectivity index (χ1v) is 12.9. The Hall–Kier alpha value is -4.70. The molecule has 1 N–H and O–H groups in total. The van der Waals surface area contributed by atoms with Crippen LogP contribution in [0.1, 0.15) is 41.6 Å². The minimum absolute atomic E-state index is 0.110. The van der Waals surface area contributed by atoms with Gasteiger partial charge in [-0.25, -0.2) is 14.6 Å². The third-order valence-corrected chi connectivity index (χ3v) is 7.25. The molecule has 3 heterocycles. The smallest absolute Gasteiger partial charge is 0.338 e. The van der Waals surface area contributed by atoms with Crippen molar-refractivity contribution in [3.8, 4) is 17.1 Å². The number of aromatic carboxylic acids is 1. The summed E-state index contributed by atoms with van der Waals surface area (Å²) in [4.78, 5) is 43.4. The molecule has 9 nitrogen and oxygen atoms in total. The summed E-state index contributed by atoms with van der Waals surface area (Å²) in [6.07, 6.45) is 1.59. The molecule has 1 atom stereocenters. The number of fused-ring (bicyclic) bond motifs is 1. The van der Waals surface area contributed by atoms with E-state index in [1.807, 2.05) is 0 Å². The van der Waals surface area contributed by atoms with Crippen molar-refractivity contribution in [3.05, 3.63) is 109 Å². The number of aromatic nitrogens is 1. The Labute approximate surface area is 226 Å². The number of nitrogens with zero attached hydrogens (tertiary/aromatic N) is 2. The lowest BCUT2D eigenvalue weighted by Crippen LogP contribution is -2.39. The average molecular weight is 545 g/mol. The second kappa shape index (κ2) is 10.6. The summed E-state index contributed by atoms with van der Waals surface area (Å²) >= 11 is 1.17. The number of thiazole rings is 1. The number of allylic oxidation sites excluding steroid dienone is 1. The number of hydrogen-bond acceptors (Lipinski definition) is 8. The standard InChI is InChI=1S/C29H24N2O7S/c1-4-37-28(35)24-16(2)30-29-31(25(24)17-9-11-18(36-3)12-10-17)26(32)23(39-29)15-19-13-14-22(38-19)20-7-5-6-8-21(20)27(33)34/h5-15,25H,4H2,1-3H3,(H,33,34)/b23-15+/t25-/m1/s1. The van der Waals surface area contributed by atoms with Gasteiger partial charge in [0.15, 0.2) is 4.80 Å². The molecule has 198 valence electrons. The first-order valence-electron chi connectivity index (χ1n) is 12.1. The summed E-state index contributed by atoms with van der Waals surface area (Å²) in [6.45, 7) is 3.62. The van der Waals surface area contributed by atoms with Crippen LogP contribution in [0.2, 0.25) is 0 Å². The highest BCUT2D eigenvalue weighted by atomic mass is 32.1. The number of carboxylic acids is 1. The van der Waals surface area contributed by atoms with Gasteiger partial charge < -0.3 is 19.0 Å². The maximum atomic E-state index is 13.7. The van der Waals surface area contributed by atoms with Crippen molar-refractivity contribution in [2.24, 2.45) is 4.99 Å². The Kier molecular flexibility index (Phi) is 7.03. The number of rotatable bonds is 7. The lowest BCUT2D eigenvalue weighted by molar-refractivity contribution is -0.139. The van der Waals surface area contributed by atoms with E-state index in [1.165, 1.54) is 22.0 Å². The number of benzene rings is 2. The van der Waals surface area contributed by atoms with Crippen LogP contribution < -0.4 is 19.6 Å². The van der Waals surface area contributed by atoms with Crippen molar-refractivity contribution in [3.63, 3.8) is 0 Å². The quantitative estimate of drug-likeness (QED) is 0.352. The van der Waals surface area contributed by atoms with Crippen LogP contribution in [0.15, 0.2) is 86.1 Å². The molecule has 5 rings (SSSR count). The monoisotopic (exact) mass is 544 g/mol. The van der Waals surface area contributed by atoms with E-state index in [0.717, 1.165) is 0 Å². The molecule has 2 aromatic carbocycles. The number of esters is 1. The van der Waals surface area contributed by atoms with Gasteiger partial charge in [-0.05, 0) is 49.7 Å². The van der Waals surface area contributed by atoms with Crippen molar-refractivity contribution in [2.45, 2.75) is 19.9 Å². The van der Waals surface area contributed by atoms with Crippen molar-refractivity contribution in [1.82, 2.24) is 4.57 Å². The molecule has 0 unspecified atom stereocenters. The number of hydrogen-bond donors (Lipinski definition) is 1. The van der Waals surface area contributed by atoms with Gasteiger partial charge in [-0.15, -0.1) is 0 Å². The second-order valence-electron chi connectivity index (χ2n) is 8.63. The molecule has 0 bridgehead atoms. The fourth-order valence-corrected chi connectivity index (χ4v) is 5.51. The predicted molar refractivity (Wildman–Crippen MR) is 144 cm³/mol. The minimum atomic E-state index is -1.07. The number of furan rings is 1. The maximum Gasteiger partial charge on any atom is 0.338 e. The summed E-state index contributed by atoms with van der Waals surface area (Å²) in [7, 11) is 1.56. The summed E-state index contributed by atoms with van der Waals surface area (Å²) in [5, 5.41) is 9.52. The van der Waals surface area contributed by atoms with Gasteiger partial charge in [0.1, 0.15) is 17.3 Å². The number of carbonyl (C=O) groups is 2. The van der Waals surface area contributed by atoms with Crippen LogP contribution in [0, 0.1) is 0 Å². The number of carbonyl (C=O) groups excluding carboxylic acids is 1. The minimum Gasteiger partial charge on any atom is -0.497 e. The van der Waals surface area contributed by atoms with Gasteiger partial charge >= 0.3 is 11.9 Å². The summed E-state index contributed by atoms with van der Waals surface area (Å²) in [5.41, 5.74) is 1.64. The van der Waals surface area contributed by atoms with Crippen molar-refractivity contribution < 1.29 is 28.6 Å². The zero-order chi connectivity index (χ0) is 27.7. The molecular weight excluding hydrogens is 520 g/mol. The van der Waals surface area contributed by atoms with Crippen LogP contribution in [0.4, 0.5) is 0 Å². The van der Waals surface area contributed by atoms with Gasteiger partial charge in [-0.3, -0.25) is 9.36 Å². The second-order valence-corrected chi connectivity index (χ2v) is 9.64. The van der Waals surface area contributed by atoms with Crippen LogP contribution in [-0.2, 0) is 9.53 Å². The first-order chi connectivity index (χ1) is 18.8. The van der Waals surface area contributed by atoms with Crippen molar-refractivity contribution >= 4 is 29.4 Å². The molecule has 1 aliphatic heterocycles. The van der Waals surface area contributed by atoms with Crippen LogP contribution in [-0.4, -0.2) is 35.3 Å². The highest BCUT2D eigenvalue weighted by Gasteiger charge is 2.33. The van der Waals surface area contributed by atoms with Crippen LogP contribution in [0.25, 0.3) is 17.4 Å². The molecule has 0 saturated heterocycles. The fraction of sp³-hybridized carbons (Fsp3) is 0.172. The molecule has 10 heteroatoms. The predicted octanol–water partition coefficient (Wildman–Crippen LogP) is 3.77. The molecule has 0 fully saturated rings. The van der Waals surface area contributed by atoms with Gasteiger partial charge in [0.2, 0.25) is 0 Å². The summed E-state index contributed by atoms with van der Waals surface area (Å²) in [6, 6.07) is 16.3. The molecule has 0 radical (unpaired) electrons. The number of methoxy groups -OCH3 is 1. The lowest BCUT2D eigenvalue weighted by atomic mass is 9.96. The van der Waals surface area contributed by atoms with E-state index in [4.69, 9.17) is 13.9 Å². The number of carboxylic acid groups (broad SMARTS) is 1. The van der Waals surface area contributed by atoms with Crippen molar-refractivity contribution in [1.29, 1.82) is 0 Å². The van der Waals surface area contributed by atoms with E-state index in [0.29, 0.717) is 43.4 Å². The molecular formula is C29H24N2O7S. The maximum absolute atomic E-state index is 13.7. The molecule has 0 saturated carbocycles. The Bertz CT molecular complexity index is 1790. The van der Waals surface area contributed by atoms with E-state index < -0.39 is 18.0 Å². The van der Waals surface area contributed by atoms with Gasteiger partial charge in [0, 0.05) is 11.6 Å². The third-order valence-electron chi connectivity index (χ3n) is 6.27. The first kappa shape index (κ1) is 25.9. The molecule has 1 aliphatic rings. The topological polar surface area (TPSA) is 120 Å². The van der Waals surface area contributed by atoms with E-state index >= 15 is 0 Å². The van der Waals surface area contributed by atoms with Crippen LogP contribution in [0.5, 0.6) is 5.75 Å².